The summed E-state index contributed by atoms with van der Waals surface area (Å²) < 4.78 is 24.1. The fraction of sp³-hybridized carbons (Fsp3) is 0.889. The van der Waals surface area contributed by atoms with Crippen LogP contribution in [0.25, 0.3) is 0 Å². The number of carbonyl (C=O) groups is 1. The van der Waals surface area contributed by atoms with Crippen LogP contribution in [0.1, 0.15) is 13.3 Å². The molecule has 0 aromatic carbocycles. The van der Waals surface area contributed by atoms with Crippen LogP contribution < -0.4 is 0 Å². The molecule has 1 aliphatic rings. The van der Waals surface area contributed by atoms with Crippen LogP contribution in [0.15, 0.2) is 0 Å². The number of carboxylic acids is 1. The van der Waals surface area contributed by atoms with Crippen molar-refractivity contribution in [1.29, 1.82) is 0 Å². The third-order valence-corrected chi connectivity index (χ3v) is 2.70. The number of halogens is 2. The Morgan fingerprint density at radius 1 is 1.64 bits per heavy atom. The summed E-state index contributed by atoms with van der Waals surface area (Å²) in [6, 6.07) is 0. The molecule has 3 nitrogen and oxygen atoms in total. The van der Waals surface area contributed by atoms with E-state index in [2.05, 4.69) is 0 Å². The van der Waals surface area contributed by atoms with Gasteiger partial charge in [-0.05, 0) is 18.9 Å². The van der Waals surface area contributed by atoms with Gasteiger partial charge in [0.05, 0.1) is 12.5 Å². The van der Waals surface area contributed by atoms with Gasteiger partial charge in [0.25, 0.3) is 6.43 Å². The van der Waals surface area contributed by atoms with Crippen molar-refractivity contribution < 1.29 is 18.7 Å². The van der Waals surface area contributed by atoms with E-state index in [-0.39, 0.29) is 18.4 Å². The van der Waals surface area contributed by atoms with E-state index in [1.807, 2.05) is 0 Å². The molecule has 1 aliphatic heterocycles. The Balaban J connectivity index is 2.42. The summed E-state index contributed by atoms with van der Waals surface area (Å²) in [6.07, 6.45) is -1.85. The van der Waals surface area contributed by atoms with Crippen LogP contribution >= 0.6 is 0 Å². The lowest BCUT2D eigenvalue weighted by molar-refractivity contribution is -0.145. The van der Waals surface area contributed by atoms with Crippen LogP contribution in [0.2, 0.25) is 0 Å². The van der Waals surface area contributed by atoms with Crippen molar-refractivity contribution in [3.05, 3.63) is 0 Å². The number of hydrogen-bond donors (Lipinski definition) is 1. The molecule has 0 spiro atoms. The van der Waals surface area contributed by atoms with E-state index in [0.29, 0.717) is 19.5 Å². The highest BCUT2D eigenvalue weighted by atomic mass is 19.3. The minimum Gasteiger partial charge on any atom is -0.481 e. The van der Waals surface area contributed by atoms with Crippen LogP contribution in [-0.2, 0) is 4.79 Å². The van der Waals surface area contributed by atoms with Crippen LogP contribution in [0.5, 0.6) is 0 Å². The minimum absolute atomic E-state index is 0.0417. The summed E-state index contributed by atoms with van der Waals surface area (Å²) in [4.78, 5) is 12.4. The molecule has 0 radical (unpaired) electrons. The summed E-state index contributed by atoms with van der Waals surface area (Å²) >= 11 is 0. The van der Waals surface area contributed by atoms with Crippen LogP contribution in [0, 0.1) is 11.8 Å². The first-order valence-corrected chi connectivity index (χ1v) is 4.74. The number of piperidine rings is 1. The molecule has 82 valence electrons. The highest BCUT2D eigenvalue weighted by Crippen LogP contribution is 2.23. The van der Waals surface area contributed by atoms with E-state index in [1.165, 1.54) is 0 Å². The van der Waals surface area contributed by atoms with Gasteiger partial charge in [-0.2, -0.15) is 0 Å². The van der Waals surface area contributed by atoms with E-state index in [4.69, 9.17) is 5.11 Å². The van der Waals surface area contributed by atoms with E-state index in [0.717, 1.165) is 0 Å². The normalized spacial score (nSPS) is 29.4. The smallest absolute Gasteiger partial charge is 0.306 e. The van der Waals surface area contributed by atoms with Crippen molar-refractivity contribution >= 4 is 5.97 Å². The average Bonchev–Trinajstić information content (AvgIpc) is 2.01. The topological polar surface area (TPSA) is 40.5 Å². The quantitative estimate of drug-likeness (QED) is 0.758. The van der Waals surface area contributed by atoms with Crippen LogP contribution in [-0.4, -0.2) is 42.0 Å². The van der Waals surface area contributed by atoms with Gasteiger partial charge in [0, 0.05) is 6.54 Å². The summed E-state index contributed by atoms with van der Waals surface area (Å²) in [6.45, 7) is 2.49. The summed E-state index contributed by atoms with van der Waals surface area (Å²) in [7, 11) is 0. The first-order valence-electron chi connectivity index (χ1n) is 4.74. The Kier molecular flexibility index (Phi) is 3.80. The Labute approximate surface area is 81.7 Å². The van der Waals surface area contributed by atoms with Gasteiger partial charge in [0.2, 0.25) is 0 Å². The second-order valence-electron chi connectivity index (χ2n) is 3.86. The third-order valence-electron chi connectivity index (χ3n) is 2.70. The highest BCUT2D eigenvalue weighted by Gasteiger charge is 2.31. The molecule has 0 bridgehead atoms. The standard InChI is InChI=1S/C9H15F2NO2/c1-6-4-12(5-8(10)11)3-2-7(6)9(13)14/h6-8H,2-5H2,1H3,(H,13,14). The van der Waals surface area contributed by atoms with Crippen molar-refractivity contribution in [2.24, 2.45) is 11.8 Å². The van der Waals surface area contributed by atoms with Crippen molar-refractivity contribution in [2.75, 3.05) is 19.6 Å². The zero-order valence-corrected chi connectivity index (χ0v) is 8.12. The zero-order chi connectivity index (χ0) is 10.7. The molecular weight excluding hydrogens is 192 g/mol. The summed E-state index contributed by atoms with van der Waals surface area (Å²) in [5, 5.41) is 8.81. The predicted octanol–water partition coefficient (Wildman–Crippen LogP) is 1.29. The largest absolute Gasteiger partial charge is 0.481 e. The Morgan fingerprint density at radius 2 is 2.29 bits per heavy atom. The van der Waals surface area contributed by atoms with Gasteiger partial charge in [-0.1, -0.05) is 6.92 Å². The maximum absolute atomic E-state index is 12.0. The monoisotopic (exact) mass is 207 g/mol. The van der Waals surface area contributed by atoms with Gasteiger partial charge in [0.15, 0.2) is 0 Å². The fourth-order valence-corrected chi connectivity index (χ4v) is 1.96. The number of carboxylic acid groups (broad SMARTS) is 1. The Bertz CT molecular complexity index is 211. The van der Waals surface area contributed by atoms with Gasteiger partial charge in [-0.15, -0.1) is 0 Å². The van der Waals surface area contributed by atoms with Crippen molar-refractivity contribution in [2.45, 2.75) is 19.8 Å². The molecule has 1 rings (SSSR count). The lowest BCUT2D eigenvalue weighted by Gasteiger charge is -2.34. The lowest BCUT2D eigenvalue weighted by Crippen LogP contribution is -2.43. The Morgan fingerprint density at radius 3 is 2.71 bits per heavy atom. The molecule has 0 aromatic rings. The highest BCUT2D eigenvalue weighted by molar-refractivity contribution is 5.70. The average molecular weight is 207 g/mol. The molecule has 0 aromatic heterocycles. The van der Waals surface area contributed by atoms with Crippen molar-refractivity contribution in [3.8, 4) is 0 Å². The molecule has 0 saturated carbocycles. The first kappa shape index (κ1) is 11.4. The number of alkyl halides is 2. The van der Waals surface area contributed by atoms with Gasteiger partial charge >= 0.3 is 5.97 Å². The van der Waals surface area contributed by atoms with E-state index >= 15 is 0 Å². The van der Waals surface area contributed by atoms with Gasteiger partial charge in [-0.3, -0.25) is 9.69 Å². The van der Waals surface area contributed by atoms with E-state index in [9.17, 15) is 13.6 Å². The molecule has 2 unspecified atom stereocenters. The Hall–Kier alpha value is -0.710. The molecule has 5 heteroatoms. The zero-order valence-electron chi connectivity index (χ0n) is 8.12. The van der Waals surface area contributed by atoms with Crippen LogP contribution in [0.4, 0.5) is 8.78 Å². The molecule has 0 amide bonds. The first-order chi connectivity index (χ1) is 6.50. The SMILES string of the molecule is CC1CN(CC(F)F)CCC1C(=O)O. The fourth-order valence-electron chi connectivity index (χ4n) is 1.96. The maximum atomic E-state index is 12.0. The lowest BCUT2D eigenvalue weighted by atomic mass is 9.87. The van der Waals surface area contributed by atoms with E-state index < -0.39 is 12.4 Å². The number of nitrogens with zero attached hydrogens (tertiary/aromatic N) is 1. The molecular formula is C9H15F2NO2. The molecule has 1 heterocycles. The van der Waals surface area contributed by atoms with Crippen LogP contribution in [0.3, 0.4) is 0 Å². The van der Waals surface area contributed by atoms with Crippen molar-refractivity contribution in [1.82, 2.24) is 4.90 Å². The third kappa shape index (κ3) is 2.90. The summed E-state index contributed by atoms with van der Waals surface area (Å²) in [5.74, 6) is -1.22. The number of rotatable bonds is 3. The van der Waals surface area contributed by atoms with Gasteiger partial charge in [-0.25, -0.2) is 8.78 Å². The number of hydrogen-bond acceptors (Lipinski definition) is 2. The second kappa shape index (κ2) is 4.68. The molecule has 0 aliphatic carbocycles. The number of likely N-dealkylation sites (tertiary alicyclic amines) is 1. The van der Waals surface area contributed by atoms with E-state index in [1.54, 1.807) is 11.8 Å². The molecule has 2 atom stereocenters. The summed E-state index contributed by atoms with van der Waals surface area (Å²) in [5.41, 5.74) is 0. The molecule has 1 fully saturated rings. The van der Waals surface area contributed by atoms with Crippen molar-refractivity contribution in [3.63, 3.8) is 0 Å². The predicted molar refractivity (Wildman–Crippen MR) is 47.4 cm³/mol. The van der Waals surface area contributed by atoms with Gasteiger partial charge < -0.3 is 5.11 Å². The molecule has 14 heavy (non-hydrogen) atoms. The maximum Gasteiger partial charge on any atom is 0.306 e. The molecule has 1 N–H and O–H groups in total. The van der Waals surface area contributed by atoms with Gasteiger partial charge in [0.1, 0.15) is 0 Å². The second-order valence-corrected chi connectivity index (χ2v) is 3.86. The minimum atomic E-state index is -2.33. The molecule has 1 saturated heterocycles. The number of aliphatic carboxylic acids is 1.